The monoisotopic (exact) mass is 769 g/mol. The molecular weight excluding hydrogens is 723 g/mol. The number of rotatable bonds is 8. The van der Waals surface area contributed by atoms with Gasteiger partial charge in [-0.3, -0.25) is 4.98 Å². The number of nitrogens with zero attached hydrogens (tertiary/aromatic N) is 1. The van der Waals surface area contributed by atoms with Gasteiger partial charge in [0.1, 0.15) is 0 Å². The van der Waals surface area contributed by atoms with E-state index in [1.807, 2.05) is 6.08 Å². The third-order valence-corrected chi connectivity index (χ3v) is 13.2. The lowest BCUT2D eigenvalue weighted by atomic mass is 9.64. The Morgan fingerprint density at radius 2 is 1.22 bits per heavy atom. The fourth-order valence-electron chi connectivity index (χ4n) is 9.99. The van der Waals surface area contributed by atoms with Gasteiger partial charge in [-0.05, 0) is 127 Å². The summed E-state index contributed by atoms with van der Waals surface area (Å²) in [7, 11) is 0. The van der Waals surface area contributed by atoms with Gasteiger partial charge in [0.15, 0.2) is 0 Å². The molecule has 1 nitrogen and oxygen atoms in total. The van der Waals surface area contributed by atoms with Crippen LogP contribution >= 0.6 is 0 Å². The van der Waals surface area contributed by atoms with Crippen molar-refractivity contribution in [1.29, 1.82) is 0 Å². The minimum Gasteiger partial charge on any atom is -0.256 e. The van der Waals surface area contributed by atoms with Gasteiger partial charge in [-0.15, -0.1) is 0 Å². The molecule has 1 heteroatoms. The van der Waals surface area contributed by atoms with E-state index in [0.717, 1.165) is 27.6 Å². The lowest BCUT2D eigenvalue weighted by Gasteiger charge is -2.38. The molecule has 0 saturated carbocycles. The van der Waals surface area contributed by atoms with Crippen LogP contribution in [0.15, 0.2) is 201 Å². The van der Waals surface area contributed by atoms with Gasteiger partial charge in [0.05, 0.1) is 5.52 Å². The Hall–Kier alpha value is -7.09. The van der Waals surface area contributed by atoms with Crippen LogP contribution < -0.4 is 0 Å². The fourth-order valence-corrected chi connectivity index (χ4v) is 9.99. The molecule has 0 unspecified atom stereocenters. The third-order valence-electron chi connectivity index (χ3n) is 13.2. The predicted molar refractivity (Wildman–Crippen MR) is 255 cm³/mol. The lowest BCUT2D eigenvalue weighted by Crippen LogP contribution is -2.31. The van der Waals surface area contributed by atoms with Crippen LogP contribution in [0.2, 0.25) is 0 Å². The van der Waals surface area contributed by atoms with E-state index in [1.54, 1.807) is 0 Å². The summed E-state index contributed by atoms with van der Waals surface area (Å²) in [5.74, 6) is 0. The molecule has 0 aliphatic heterocycles. The lowest BCUT2D eigenvalue weighted by molar-refractivity contribution is 0.614. The first-order valence-corrected chi connectivity index (χ1v) is 21.0. The standard InChI is InChI=1S/C59H47N/c1-6-40(35-43-20-14-13-19-39(43)2)41-29-31-42(32-30-41)48-33-34-51-55-50-27-17-16-26-49(50)52(45-36-44-21-15-18-28-54(44)60-38-45)37-53(55)58(3,4)56(51)57(48)59(5,46-22-9-7-10-23-46)47-24-11-8-12-25-47/h6-38H,1H2,2-5H3/b40-35+. The SMILES string of the molecule is C=C/C(=C\c1ccccc1C)c1ccc(-c2ccc3c(c2C(C)(c2ccccc2)c2ccccc2)C(C)(C)c2cc(-c4cnc5ccccc5c4)c4ccccc4c2-3)cc1. The molecular formula is C59H47N. The number of pyridine rings is 1. The first kappa shape index (κ1) is 37.2. The normalized spacial score (nSPS) is 13.3. The number of aryl methyl sites for hydroxylation is 1. The van der Waals surface area contributed by atoms with Gasteiger partial charge in [0, 0.05) is 28.0 Å². The zero-order valence-corrected chi connectivity index (χ0v) is 34.7. The maximum Gasteiger partial charge on any atom is 0.0702 e. The van der Waals surface area contributed by atoms with Crippen LogP contribution in [0.4, 0.5) is 0 Å². The van der Waals surface area contributed by atoms with Crippen molar-refractivity contribution >= 4 is 33.3 Å². The molecule has 0 spiro atoms. The quantitative estimate of drug-likeness (QED) is 0.0852. The number of aromatic nitrogens is 1. The Morgan fingerprint density at radius 1 is 0.600 bits per heavy atom. The Bertz CT molecular complexity index is 3090. The van der Waals surface area contributed by atoms with Crippen LogP contribution in [0.1, 0.15) is 65.3 Å². The number of hydrogen-bond donors (Lipinski definition) is 0. The summed E-state index contributed by atoms with van der Waals surface area (Å²) in [5, 5.41) is 3.66. The Morgan fingerprint density at radius 3 is 1.92 bits per heavy atom. The van der Waals surface area contributed by atoms with Gasteiger partial charge in [-0.1, -0.05) is 190 Å². The average Bonchev–Trinajstić information content (AvgIpc) is 3.54. The molecule has 8 aromatic carbocycles. The number of para-hydroxylation sites is 1. The number of fused-ring (bicyclic) bond motifs is 6. The second-order valence-electron chi connectivity index (χ2n) is 16.9. The van der Waals surface area contributed by atoms with Crippen LogP contribution in [-0.2, 0) is 10.8 Å². The van der Waals surface area contributed by atoms with E-state index in [4.69, 9.17) is 4.98 Å². The van der Waals surface area contributed by atoms with Gasteiger partial charge in [0.25, 0.3) is 0 Å². The molecule has 0 N–H and O–H groups in total. The van der Waals surface area contributed by atoms with Gasteiger partial charge < -0.3 is 0 Å². The van der Waals surface area contributed by atoms with Crippen molar-refractivity contribution < 1.29 is 0 Å². The fraction of sp³-hybridized carbons (Fsp3) is 0.102. The predicted octanol–water partition coefficient (Wildman–Crippen LogP) is 15.4. The van der Waals surface area contributed by atoms with Gasteiger partial charge in [0.2, 0.25) is 0 Å². The average molecular weight is 770 g/mol. The van der Waals surface area contributed by atoms with E-state index in [1.165, 1.54) is 77.5 Å². The summed E-state index contributed by atoms with van der Waals surface area (Å²) in [6.45, 7) is 13.7. The topological polar surface area (TPSA) is 12.9 Å². The van der Waals surface area contributed by atoms with Crippen LogP contribution in [-0.4, -0.2) is 4.98 Å². The number of benzene rings is 8. The van der Waals surface area contributed by atoms with Crippen molar-refractivity contribution in [3.8, 4) is 33.4 Å². The highest BCUT2D eigenvalue weighted by Gasteiger charge is 2.45. The molecule has 0 fully saturated rings. The van der Waals surface area contributed by atoms with Crippen LogP contribution in [0.3, 0.4) is 0 Å². The van der Waals surface area contributed by atoms with E-state index in [-0.39, 0.29) is 5.41 Å². The molecule has 1 aliphatic rings. The molecule has 9 aromatic rings. The summed E-state index contributed by atoms with van der Waals surface area (Å²) >= 11 is 0. The first-order valence-electron chi connectivity index (χ1n) is 21.0. The summed E-state index contributed by atoms with van der Waals surface area (Å²) in [4.78, 5) is 4.93. The highest BCUT2D eigenvalue weighted by atomic mass is 14.6. The Labute approximate surface area is 354 Å². The van der Waals surface area contributed by atoms with Crippen molar-refractivity contribution in [3.05, 3.63) is 245 Å². The molecule has 1 aromatic heterocycles. The maximum absolute atomic E-state index is 4.93. The zero-order valence-electron chi connectivity index (χ0n) is 34.7. The maximum atomic E-state index is 4.93. The molecule has 60 heavy (non-hydrogen) atoms. The molecule has 0 bridgehead atoms. The summed E-state index contributed by atoms with van der Waals surface area (Å²) in [5.41, 5.74) is 18.8. The van der Waals surface area contributed by atoms with Crippen molar-refractivity contribution in [2.75, 3.05) is 0 Å². The summed E-state index contributed by atoms with van der Waals surface area (Å²) in [6.07, 6.45) is 6.26. The molecule has 0 saturated heterocycles. The van der Waals surface area contributed by atoms with Gasteiger partial charge in [-0.25, -0.2) is 0 Å². The van der Waals surface area contributed by atoms with Gasteiger partial charge in [-0.2, -0.15) is 0 Å². The molecule has 288 valence electrons. The first-order chi connectivity index (χ1) is 29.3. The second kappa shape index (κ2) is 14.6. The van der Waals surface area contributed by atoms with E-state index < -0.39 is 5.41 Å². The van der Waals surface area contributed by atoms with E-state index in [2.05, 4.69) is 229 Å². The Kier molecular flexibility index (Phi) is 9.07. The van der Waals surface area contributed by atoms with Crippen molar-refractivity contribution in [3.63, 3.8) is 0 Å². The molecule has 0 amide bonds. The Balaban J connectivity index is 1.24. The molecule has 1 aliphatic carbocycles. The molecule has 0 atom stereocenters. The molecule has 10 rings (SSSR count). The van der Waals surface area contributed by atoms with E-state index in [9.17, 15) is 0 Å². The third kappa shape index (κ3) is 5.96. The van der Waals surface area contributed by atoms with E-state index >= 15 is 0 Å². The van der Waals surface area contributed by atoms with Gasteiger partial charge >= 0.3 is 0 Å². The number of allylic oxidation sites excluding steroid dienone is 2. The summed E-state index contributed by atoms with van der Waals surface area (Å²) in [6, 6.07) is 66.8. The number of hydrogen-bond acceptors (Lipinski definition) is 1. The zero-order chi connectivity index (χ0) is 41.0. The van der Waals surface area contributed by atoms with E-state index in [0.29, 0.717) is 0 Å². The second-order valence-corrected chi connectivity index (χ2v) is 16.9. The minimum atomic E-state index is -0.501. The van der Waals surface area contributed by atoms with Crippen LogP contribution in [0.25, 0.3) is 66.7 Å². The largest absolute Gasteiger partial charge is 0.256 e. The highest BCUT2D eigenvalue weighted by Crippen LogP contribution is 2.59. The van der Waals surface area contributed by atoms with Crippen molar-refractivity contribution in [2.24, 2.45) is 0 Å². The van der Waals surface area contributed by atoms with Crippen molar-refractivity contribution in [2.45, 2.75) is 38.5 Å². The highest BCUT2D eigenvalue weighted by molar-refractivity contribution is 6.10. The van der Waals surface area contributed by atoms with Crippen LogP contribution in [0.5, 0.6) is 0 Å². The molecule has 1 heterocycles. The smallest absolute Gasteiger partial charge is 0.0702 e. The minimum absolute atomic E-state index is 0.351. The molecule has 0 radical (unpaired) electrons. The van der Waals surface area contributed by atoms with Crippen LogP contribution in [0, 0.1) is 6.92 Å². The summed E-state index contributed by atoms with van der Waals surface area (Å²) < 4.78 is 0. The van der Waals surface area contributed by atoms with Crippen molar-refractivity contribution in [1.82, 2.24) is 4.98 Å².